The van der Waals surface area contributed by atoms with Crippen molar-refractivity contribution in [2.45, 2.75) is 110 Å². The number of allylic oxidation sites excluding steroid dienone is 1. The summed E-state index contributed by atoms with van der Waals surface area (Å²) in [7, 11) is 0. The molecule has 0 aliphatic carbocycles. The second kappa shape index (κ2) is 20.2. The number of hydrogen-bond donors (Lipinski definition) is 1. The first kappa shape index (κ1) is 26.5. The number of unbranched alkanes of at least 4 members (excludes halogenated alkanes) is 14. The van der Waals surface area contributed by atoms with Gasteiger partial charge in [-0.15, -0.1) is 12.4 Å². The molecule has 1 heterocycles. The topological polar surface area (TPSA) is 35.8 Å². The Bertz CT molecular complexity index is 371. The van der Waals surface area contributed by atoms with Crippen LogP contribution in [-0.2, 0) is 0 Å². The van der Waals surface area contributed by atoms with E-state index in [4.69, 9.17) is 0 Å². The van der Waals surface area contributed by atoms with Crippen molar-refractivity contribution in [3.05, 3.63) is 11.8 Å². The van der Waals surface area contributed by atoms with Crippen LogP contribution in [0.4, 0.5) is 0 Å². The van der Waals surface area contributed by atoms with Gasteiger partial charge in [-0.2, -0.15) is 0 Å². The van der Waals surface area contributed by atoms with Gasteiger partial charge in [0.05, 0.1) is 12.9 Å². The first-order valence-corrected chi connectivity index (χ1v) is 11.4. The molecule has 0 spiro atoms. The lowest BCUT2D eigenvalue weighted by molar-refractivity contribution is 0.289. The molecular formula is C23H45ClN2O. The van der Waals surface area contributed by atoms with Crippen LogP contribution >= 0.6 is 12.4 Å². The summed E-state index contributed by atoms with van der Waals surface area (Å²) in [5, 5.41) is 9.21. The maximum atomic E-state index is 9.21. The van der Waals surface area contributed by atoms with Gasteiger partial charge in [0.1, 0.15) is 0 Å². The van der Waals surface area contributed by atoms with Crippen LogP contribution in [0.15, 0.2) is 16.8 Å². The summed E-state index contributed by atoms with van der Waals surface area (Å²) < 4.78 is 0. The average Bonchev–Trinajstić information content (AvgIpc) is 3.18. The van der Waals surface area contributed by atoms with Crippen LogP contribution in [-0.4, -0.2) is 36.0 Å². The number of rotatable bonds is 18. The molecule has 0 fully saturated rings. The number of aliphatic hydroxyl groups is 1. The Kier molecular flexibility index (Phi) is 19.8. The molecule has 1 rings (SSSR count). The van der Waals surface area contributed by atoms with Gasteiger partial charge in [-0.1, -0.05) is 96.5 Å². The molecule has 0 radical (unpaired) electrons. The molecule has 0 unspecified atom stereocenters. The zero-order chi connectivity index (χ0) is 18.7. The molecule has 160 valence electrons. The summed E-state index contributed by atoms with van der Waals surface area (Å²) >= 11 is 0. The molecule has 1 aliphatic rings. The number of aliphatic hydroxyl groups excluding tert-OH is 1. The lowest BCUT2D eigenvalue weighted by Gasteiger charge is -2.17. The van der Waals surface area contributed by atoms with Crippen LogP contribution in [0.2, 0.25) is 0 Å². The maximum absolute atomic E-state index is 9.21. The third kappa shape index (κ3) is 15.1. The molecule has 0 aromatic carbocycles. The van der Waals surface area contributed by atoms with Gasteiger partial charge in [0.2, 0.25) is 0 Å². The third-order valence-corrected chi connectivity index (χ3v) is 5.37. The van der Waals surface area contributed by atoms with Crippen molar-refractivity contribution >= 4 is 18.7 Å². The third-order valence-electron chi connectivity index (χ3n) is 5.37. The smallest absolute Gasteiger partial charge is 0.0893 e. The summed E-state index contributed by atoms with van der Waals surface area (Å²) in [6, 6.07) is 0. The molecule has 0 aromatic rings. The van der Waals surface area contributed by atoms with Gasteiger partial charge >= 0.3 is 0 Å². The Labute approximate surface area is 175 Å². The molecule has 0 saturated heterocycles. The molecule has 0 aromatic heterocycles. The normalized spacial score (nSPS) is 14.0. The van der Waals surface area contributed by atoms with Crippen molar-refractivity contribution in [2.24, 2.45) is 4.99 Å². The van der Waals surface area contributed by atoms with Gasteiger partial charge < -0.3 is 10.0 Å². The summed E-state index contributed by atoms with van der Waals surface area (Å²) in [6.45, 7) is 4.39. The fourth-order valence-electron chi connectivity index (χ4n) is 3.68. The van der Waals surface area contributed by atoms with Gasteiger partial charge in [0, 0.05) is 25.3 Å². The molecule has 0 saturated carbocycles. The van der Waals surface area contributed by atoms with Crippen molar-refractivity contribution in [3.8, 4) is 0 Å². The second-order valence-electron chi connectivity index (χ2n) is 7.77. The van der Waals surface area contributed by atoms with Gasteiger partial charge in [0.15, 0.2) is 0 Å². The molecule has 1 N–H and O–H groups in total. The van der Waals surface area contributed by atoms with Crippen molar-refractivity contribution in [1.82, 2.24) is 4.90 Å². The van der Waals surface area contributed by atoms with E-state index in [0.29, 0.717) is 0 Å². The monoisotopic (exact) mass is 400 g/mol. The summed E-state index contributed by atoms with van der Waals surface area (Å²) in [4.78, 5) is 6.46. The first-order chi connectivity index (χ1) is 12.9. The van der Waals surface area contributed by atoms with Gasteiger partial charge in [-0.25, -0.2) is 0 Å². The number of aliphatic imine (C=N–C) groups is 1. The van der Waals surface area contributed by atoms with Crippen molar-refractivity contribution in [2.75, 3.05) is 19.7 Å². The highest BCUT2D eigenvalue weighted by atomic mass is 35.5. The minimum absolute atomic E-state index is 0. The minimum Gasteiger partial charge on any atom is -0.396 e. The summed E-state index contributed by atoms with van der Waals surface area (Å²) in [5.41, 5.74) is 1.25. The Balaban J connectivity index is 0.00000676. The van der Waals surface area contributed by atoms with E-state index in [9.17, 15) is 5.11 Å². The highest BCUT2D eigenvalue weighted by Crippen LogP contribution is 2.15. The largest absolute Gasteiger partial charge is 0.396 e. The van der Waals surface area contributed by atoms with Crippen LogP contribution in [0.5, 0.6) is 0 Å². The van der Waals surface area contributed by atoms with E-state index in [1.807, 2.05) is 6.34 Å². The zero-order valence-corrected chi connectivity index (χ0v) is 18.7. The van der Waals surface area contributed by atoms with Gasteiger partial charge in [0.25, 0.3) is 0 Å². The lowest BCUT2D eigenvalue weighted by atomic mass is 10.0. The van der Waals surface area contributed by atoms with Crippen LogP contribution in [0.3, 0.4) is 0 Å². The maximum Gasteiger partial charge on any atom is 0.0893 e. The van der Waals surface area contributed by atoms with Gasteiger partial charge in [-0.05, 0) is 12.8 Å². The predicted octanol–water partition coefficient (Wildman–Crippen LogP) is 6.89. The predicted molar refractivity (Wildman–Crippen MR) is 122 cm³/mol. The zero-order valence-electron chi connectivity index (χ0n) is 17.8. The Morgan fingerprint density at radius 1 is 0.889 bits per heavy atom. The molecule has 0 amide bonds. The highest BCUT2D eigenvalue weighted by molar-refractivity contribution is 5.85. The Hall–Kier alpha value is -0.540. The van der Waals surface area contributed by atoms with E-state index in [-0.39, 0.29) is 19.0 Å². The van der Waals surface area contributed by atoms with Crippen molar-refractivity contribution in [3.63, 3.8) is 0 Å². The molecule has 27 heavy (non-hydrogen) atoms. The highest BCUT2D eigenvalue weighted by Gasteiger charge is 2.09. The molecule has 1 aliphatic heterocycles. The summed E-state index contributed by atoms with van der Waals surface area (Å²) in [5.74, 6) is 0. The molecule has 0 bridgehead atoms. The van der Waals surface area contributed by atoms with Crippen molar-refractivity contribution in [1.29, 1.82) is 0 Å². The average molecular weight is 401 g/mol. The fourth-order valence-corrected chi connectivity index (χ4v) is 3.68. The van der Waals surface area contributed by atoms with Crippen LogP contribution in [0, 0.1) is 0 Å². The lowest BCUT2D eigenvalue weighted by Crippen LogP contribution is -2.19. The van der Waals surface area contributed by atoms with Crippen LogP contribution in [0.25, 0.3) is 0 Å². The van der Waals surface area contributed by atoms with E-state index in [0.717, 1.165) is 25.9 Å². The number of hydrogen-bond acceptors (Lipinski definition) is 3. The molecule has 0 atom stereocenters. The van der Waals surface area contributed by atoms with E-state index in [1.165, 1.54) is 95.6 Å². The van der Waals surface area contributed by atoms with E-state index < -0.39 is 0 Å². The second-order valence-corrected chi connectivity index (χ2v) is 7.77. The fraction of sp³-hybridized carbons (Fsp3) is 0.870. The Morgan fingerprint density at radius 3 is 1.85 bits per heavy atom. The van der Waals surface area contributed by atoms with Crippen molar-refractivity contribution < 1.29 is 5.11 Å². The minimum atomic E-state index is 0. The van der Waals surface area contributed by atoms with Gasteiger partial charge in [-0.3, -0.25) is 4.99 Å². The molecule has 4 heteroatoms. The standard InChI is InChI=1S/C23H44N2O.ClH/c1-2-3-4-5-6-7-8-9-10-11-12-13-14-15-16-17-23(18-21-26)25-20-19-24-22-25;/h17,22,26H,2-16,18-21H2,1H3;1H. The SMILES string of the molecule is CCCCCCCCCCCCCCCCC=C(CCO)N1C=NCC1.Cl. The van der Waals surface area contributed by atoms with E-state index in [2.05, 4.69) is 22.9 Å². The number of halogens is 1. The van der Waals surface area contributed by atoms with E-state index in [1.54, 1.807) is 0 Å². The Morgan fingerprint density at radius 2 is 1.41 bits per heavy atom. The van der Waals surface area contributed by atoms with Crippen LogP contribution < -0.4 is 0 Å². The molecular weight excluding hydrogens is 356 g/mol. The summed E-state index contributed by atoms with van der Waals surface area (Å²) in [6.07, 6.45) is 25.9. The van der Waals surface area contributed by atoms with E-state index >= 15 is 0 Å². The quantitative estimate of drug-likeness (QED) is 0.254. The first-order valence-electron chi connectivity index (χ1n) is 11.4. The number of nitrogens with zero attached hydrogens (tertiary/aromatic N) is 2. The van der Waals surface area contributed by atoms with Crippen LogP contribution in [0.1, 0.15) is 110 Å². The molecule has 3 nitrogen and oxygen atoms in total.